The van der Waals surface area contributed by atoms with Crippen molar-refractivity contribution in [3.05, 3.63) is 46.8 Å². The molecule has 0 saturated carbocycles. The molecule has 2 N–H and O–H groups in total. The van der Waals surface area contributed by atoms with E-state index in [4.69, 9.17) is 14.7 Å². The smallest absolute Gasteiger partial charge is 0.224 e. The molecule has 136 valence electrons. The highest BCUT2D eigenvalue weighted by molar-refractivity contribution is 5.79. The molecule has 26 heavy (non-hydrogen) atoms. The van der Waals surface area contributed by atoms with Crippen LogP contribution in [0.2, 0.25) is 0 Å². The Balaban J connectivity index is 1.63. The molecule has 2 aromatic rings. The summed E-state index contributed by atoms with van der Waals surface area (Å²) in [5, 5.41) is 19.0. The van der Waals surface area contributed by atoms with E-state index >= 15 is 0 Å². The van der Waals surface area contributed by atoms with E-state index < -0.39 is 0 Å². The lowest BCUT2D eigenvalue weighted by atomic mass is 10.0. The first-order valence-corrected chi connectivity index (χ1v) is 8.61. The maximum atomic E-state index is 12.5. The van der Waals surface area contributed by atoms with Gasteiger partial charge in [-0.1, -0.05) is 0 Å². The normalized spacial score (nSPS) is 19.6. The topological polar surface area (TPSA) is 100 Å². The molecule has 1 aromatic heterocycles. The predicted molar refractivity (Wildman–Crippen MR) is 94.7 cm³/mol. The number of aromatic nitrogens is 2. The van der Waals surface area contributed by atoms with Gasteiger partial charge in [-0.2, -0.15) is 10.4 Å². The average molecular weight is 354 g/mol. The third-order valence-corrected chi connectivity index (χ3v) is 4.54. The molecule has 1 aliphatic heterocycles. The lowest BCUT2D eigenvalue weighted by Crippen LogP contribution is -2.51. The zero-order chi connectivity index (χ0) is 18.5. The van der Waals surface area contributed by atoms with Gasteiger partial charge in [-0.05, 0) is 44.5 Å². The van der Waals surface area contributed by atoms with Crippen LogP contribution in [0.3, 0.4) is 0 Å². The molecule has 1 aromatic carbocycles. The van der Waals surface area contributed by atoms with E-state index in [1.54, 1.807) is 24.3 Å². The third-order valence-electron chi connectivity index (χ3n) is 4.54. The van der Waals surface area contributed by atoms with E-state index in [0.29, 0.717) is 30.9 Å². The largest absolute Gasteiger partial charge is 0.486 e. The van der Waals surface area contributed by atoms with Crippen LogP contribution in [0.5, 0.6) is 5.75 Å². The molecule has 1 saturated heterocycles. The molecule has 7 heteroatoms. The second kappa shape index (κ2) is 8.02. The van der Waals surface area contributed by atoms with Gasteiger partial charge in [0, 0.05) is 17.9 Å². The molecular weight excluding hydrogens is 332 g/mol. The quantitative estimate of drug-likeness (QED) is 0.853. The minimum absolute atomic E-state index is 0.0575. The maximum Gasteiger partial charge on any atom is 0.224 e. The van der Waals surface area contributed by atoms with E-state index in [2.05, 4.69) is 21.6 Å². The Morgan fingerprint density at radius 3 is 2.85 bits per heavy atom. The van der Waals surface area contributed by atoms with Gasteiger partial charge in [0.2, 0.25) is 5.91 Å². The summed E-state index contributed by atoms with van der Waals surface area (Å²) in [6.45, 7) is 4.79. The van der Waals surface area contributed by atoms with Crippen molar-refractivity contribution in [1.29, 1.82) is 5.26 Å². The molecule has 1 aliphatic rings. The highest BCUT2D eigenvalue weighted by atomic mass is 16.5. The summed E-state index contributed by atoms with van der Waals surface area (Å²) in [6.07, 6.45) is 0.706. The summed E-state index contributed by atoms with van der Waals surface area (Å²) in [5.74, 6) is 0.596. The van der Waals surface area contributed by atoms with Crippen LogP contribution in [-0.2, 0) is 16.0 Å². The van der Waals surface area contributed by atoms with Crippen molar-refractivity contribution in [2.45, 2.75) is 38.8 Å². The highest BCUT2D eigenvalue weighted by Crippen LogP contribution is 2.19. The number of aromatic amines is 1. The van der Waals surface area contributed by atoms with Gasteiger partial charge >= 0.3 is 0 Å². The van der Waals surface area contributed by atoms with Crippen molar-refractivity contribution in [3.8, 4) is 11.8 Å². The number of hydrogen-bond acceptors (Lipinski definition) is 5. The molecule has 0 bridgehead atoms. The van der Waals surface area contributed by atoms with Gasteiger partial charge < -0.3 is 14.8 Å². The Kier molecular flexibility index (Phi) is 5.54. The average Bonchev–Trinajstić information content (AvgIpc) is 2.96. The minimum atomic E-state index is -0.271. The lowest BCUT2D eigenvalue weighted by molar-refractivity contribution is -0.123. The Hall–Kier alpha value is -2.85. The number of benzene rings is 1. The van der Waals surface area contributed by atoms with Gasteiger partial charge in [0.05, 0.1) is 36.4 Å². The summed E-state index contributed by atoms with van der Waals surface area (Å²) in [6, 6.07) is 8.87. The standard InChI is InChI=1S/C19H22N4O3/c1-12-16(13(2)23-22-12)9-19(24)21-17-7-8-25-11-18(17)26-15-5-3-14(10-20)4-6-15/h3-6,17-18H,7-9,11H2,1-2H3,(H,21,24)(H,22,23)/t17-,18-/m1/s1. The predicted octanol–water partition coefficient (Wildman–Crippen LogP) is 1.79. The molecule has 1 amide bonds. The van der Waals surface area contributed by atoms with Crippen molar-refractivity contribution in [3.63, 3.8) is 0 Å². The fourth-order valence-corrected chi connectivity index (χ4v) is 3.03. The van der Waals surface area contributed by atoms with Crippen LogP contribution >= 0.6 is 0 Å². The summed E-state index contributed by atoms with van der Waals surface area (Å²) in [5.41, 5.74) is 3.26. The van der Waals surface area contributed by atoms with E-state index in [9.17, 15) is 4.79 Å². The van der Waals surface area contributed by atoms with Gasteiger partial charge in [0.25, 0.3) is 0 Å². The SMILES string of the molecule is Cc1n[nH]c(C)c1CC(=O)N[C@@H]1CCOC[C@H]1Oc1ccc(C#N)cc1. The number of nitrogens with zero attached hydrogens (tertiary/aromatic N) is 2. The second-order valence-electron chi connectivity index (χ2n) is 6.42. The van der Waals surface area contributed by atoms with Crippen LogP contribution in [0.1, 0.15) is 28.9 Å². The fraction of sp³-hybridized carbons (Fsp3) is 0.421. The van der Waals surface area contributed by atoms with Gasteiger partial charge in [-0.25, -0.2) is 0 Å². The fourth-order valence-electron chi connectivity index (χ4n) is 3.03. The first kappa shape index (κ1) is 18.0. The number of amides is 1. The van der Waals surface area contributed by atoms with E-state index in [1.165, 1.54) is 0 Å². The van der Waals surface area contributed by atoms with Gasteiger partial charge in [0.1, 0.15) is 11.9 Å². The molecule has 0 radical (unpaired) electrons. The van der Waals surface area contributed by atoms with Gasteiger partial charge in [-0.15, -0.1) is 0 Å². The highest BCUT2D eigenvalue weighted by Gasteiger charge is 2.29. The summed E-state index contributed by atoms with van der Waals surface area (Å²) in [7, 11) is 0. The molecule has 0 unspecified atom stereocenters. The number of nitriles is 1. The zero-order valence-electron chi connectivity index (χ0n) is 14.9. The monoisotopic (exact) mass is 354 g/mol. The Morgan fingerprint density at radius 2 is 2.19 bits per heavy atom. The summed E-state index contributed by atoms with van der Waals surface area (Å²) in [4.78, 5) is 12.5. The number of H-pyrrole nitrogens is 1. The Bertz CT molecular complexity index is 788. The van der Waals surface area contributed by atoms with E-state index in [1.807, 2.05) is 13.8 Å². The van der Waals surface area contributed by atoms with E-state index in [0.717, 1.165) is 17.0 Å². The number of rotatable bonds is 5. The number of aryl methyl sites for hydroxylation is 2. The van der Waals surface area contributed by atoms with E-state index in [-0.39, 0.29) is 24.5 Å². The van der Waals surface area contributed by atoms with Crippen LogP contribution in [0.15, 0.2) is 24.3 Å². The first-order valence-electron chi connectivity index (χ1n) is 8.61. The molecule has 3 rings (SSSR count). The van der Waals surface area contributed by atoms with Crippen LogP contribution in [0.25, 0.3) is 0 Å². The molecular formula is C19H22N4O3. The number of nitrogens with one attached hydrogen (secondary N) is 2. The molecule has 7 nitrogen and oxygen atoms in total. The number of carbonyl (C=O) groups is 1. The van der Waals surface area contributed by atoms with Crippen molar-refractivity contribution in [2.75, 3.05) is 13.2 Å². The molecule has 0 aliphatic carbocycles. The molecule has 0 spiro atoms. The van der Waals surface area contributed by atoms with Crippen LogP contribution in [0.4, 0.5) is 0 Å². The summed E-state index contributed by atoms with van der Waals surface area (Å²) < 4.78 is 11.5. The second-order valence-corrected chi connectivity index (χ2v) is 6.42. The number of carbonyl (C=O) groups excluding carboxylic acids is 1. The zero-order valence-corrected chi connectivity index (χ0v) is 14.9. The summed E-state index contributed by atoms with van der Waals surface area (Å²) >= 11 is 0. The van der Waals surface area contributed by atoms with Crippen molar-refractivity contribution in [1.82, 2.24) is 15.5 Å². The van der Waals surface area contributed by atoms with Crippen LogP contribution in [-0.4, -0.2) is 41.5 Å². The lowest BCUT2D eigenvalue weighted by Gasteiger charge is -2.32. The minimum Gasteiger partial charge on any atom is -0.486 e. The van der Waals surface area contributed by atoms with Crippen molar-refractivity contribution < 1.29 is 14.3 Å². The maximum absolute atomic E-state index is 12.5. The molecule has 2 atom stereocenters. The van der Waals surface area contributed by atoms with Gasteiger partial charge in [0.15, 0.2) is 0 Å². The number of ether oxygens (including phenoxy) is 2. The Labute approximate surface area is 152 Å². The van der Waals surface area contributed by atoms with Crippen LogP contribution in [0, 0.1) is 25.2 Å². The Morgan fingerprint density at radius 1 is 1.42 bits per heavy atom. The van der Waals surface area contributed by atoms with Crippen molar-refractivity contribution in [2.24, 2.45) is 0 Å². The number of hydrogen-bond donors (Lipinski definition) is 2. The third kappa shape index (κ3) is 4.21. The first-order chi connectivity index (χ1) is 12.6. The van der Waals surface area contributed by atoms with Gasteiger partial charge in [-0.3, -0.25) is 9.89 Å². The van der Waals surface area contributed by atoms with Crippen LogP contribution < -0.4 is 10.1 Å². The van der Waals surface area contributed by atoms with Crippen molar-refractivity contribution >= 4 is 5.91 Å². The molecule has 2 heterocycles. The molecule has 1 fully saturated rings.